The van der Waals surface area contributed by atoms with Gasteiger partial charge >= 0.3 is 0 Å². The number of aryl methyl sites for hydroxylation is 2. The van der Waals surface area contributed by atoms with Crippen LogP contribution in [0.25, 0.3) is 0 Å². The SMILES string of the molecule is CCC1OCCCC1C(=O)Nc1cn(C)c(=O)cc1C. The van der Waals surface area contributed by atoms with Gasteiger partial charge in [-0.2, -0.15) is 0 Å². The Bertz CT molecular complexity index is 551. The van der Waals surface area contributed by atoms with E-state index in [1.807, 2.05) is 13.8 Å². The van der Waals surface area contributed by atoms with Gasteiger partial charge in [0, 0.05) is 25.9 Å². The van der Waals surface area contributed by atoms with E-state index in [2.05, 4.69) is 5.32 Å². The summed E-state index contributed by atoms with van der Waals surface area (Å²) >= 11 is 0. The lowest BCUT2D eigenvalue weighted by atomic mass is 9.91. The van der Waals surface area contributed by atoms with Gasteiger partial charge in [0.15, 0.2) is 0 Å². The molecule has 0 aromatic carbocycles. The van der Waals surface area contributed by atoms with Gasteiger partial charge in [0.1, 0.15) is 0 Å². The summed E-state index contributed by atoms with van der Waals surface area (Å²) in [6.07, 6.45) is 4.28. The van der Waals surface area contributed by atoms with Gasteiger partial charge in [-0.15, -0.1) is 0 Å². The van der Waals surface area contributed by atoms with E-state index in [1.165, 1.54) is 10.6 Å². The fraction of sp³-hybridized carbons (Fsp3) is 0.600. The van der Waals surface area contributed by atoms with Crippen molar-refractivity contribution in [3.8, 4) is 0 Å². The number of aromatic nitrogens is 1. The summed E-state index contributed by atoms with van der Waals surface area (Å²) in [5, 5.41) is 2.93. The first kappa shape index (κ1) is 14.8. The Balaban J connectivity index is 2.15. The fourth-order valence-corrected chi connectivity index (χ4v) is 2.62. The first-order valence-electron chi connectivity index (χ1n) is 7.12. The molecule has 110 valence electrons. The van der Waals surface area contributed by atoms with Crippen molar-refractivity contribution in [2.24, 2.45) is 13.0 Å². The van der Waals surface area contributed by atoms with E-state index in [0.29, 0.717) is 5.69 Å². The molecule has 1 saturated heterocycles. The van der Waals surface area contributed by atoms with Crippen molar-refractivity contribution in [1.29, 1.82) is 0 Å². The van der Waals surface area contributed by atoms with Gasteiger partial charge < -0.3 is 14.6 Å². The highest BCUT2D eigenvalue weighted by Crippen LogP contribution is 2.25. The van der Waals surface area contributed by atoms with Crippen LogP contribution in [0.2, 0.25) is 0 Å². The van der Waals surface area contributed by atoms with Crippen LogP contribution >= 0.6 is 0 Å². The summed E-state index contributed by atoms with van der Waals surface area (Å²) in [5.41, 5.74) is 1.40. The van der Waals surface area contributed by atoms with E-state index < -0.39 is 0 Å². The summed E-state index contributed by atoms with van der Waals surface area (Å²) in [7, 11) is 1.68. The van der Waals surface area contributed by atoms with Gasteiger partial charge in [-0.3, -0.25) is 9.59 Å². The molecule has 5 nitrogen and oxygen atoms in total. The molecular weight excluding hydrogens is 256 g/mol. The number of hydrogen-bond donors (Lipinski definition) is 1. The average molecular weight is 278 g/mol. The van der Waals surface area contributed by atoms with E-state index in [-0.39, 0.29) is 23.5 Å². The highest BCUT2D eigenvalue weighted by atomic mass is 16.5. The molecule has 20 heavy (non-hydrogen) atoms. The van der Waals surface area contributed by atoms with Crippen LogP contribution in [0.15, 0.2) is 17.1 Å². The molecule has 0 saturated carbocycles. The molecule has 1 aromatic heterocycles. The number of rotatable bonds is 3. The number of anilines is 1. The number of carbonyl (C=O) groups excluding carboxylic acids is 1. The van der Waals surface area contributed by atoms with Crippen LogP contribution in [-0.4, -0.2) is 23.2 Å². The first-order chi connectivity index (χ1) is 9.52. The largest absolute Gasteiger partial charge is 0.377 e. The minimum atomic E-state index is -0.106. The third-order valence-corrected chi connectivity index (χ3v) is 3.87. The van der Waals surface area contributed by atoms with E-state index in [0.717, 1.165) is 31.4 Å². The van der Waals surface area contributed by atoms with Crippen molar-refractivity contribution in [3.63, 3.8) is 0 Å². The van der Waals surface area contributed by atoms with Crippen LogP contribution in [0.3, 0.4) is 0 Å². The van der Waals surface area contributed by atoms with Crippen LogP contribution < -0.4 is 10.9 Å². The van der Waals surface area contributed by atoms with E-state index in [4.69, 9.17) is 4.74 Å². The monoisotopic (exact) mass is 278 g/mol. The molecule has 1 N–H and O–H groups in total. The molecule has 2 rings (SSSR count). The predicted molar refractivity (Wildman–Crippen MR) is 77.8 cm³/mol. The number of carbonyl (C=O) groups is 1. The zero-order valence-electron chi connectivity index (χ0n) is 12.3. The van der Waals surface area contributed by atoms with Gasteiger partial charge in [-0.25, -0.2) is 0 Å². The second kappa shape index (κ2) is 6.22. The summed E-state index contributed by atoms with van der Waals surface area (Å²) < 4.78 is 7.13. The lowest BCUT2D eigenvalue weighted by molar-refractivity contribution is -0.129. The Morgan fingerprint density at radius 3 is 3.00 bits per heavy atom. The standard InChI is InChI=1S/C15H22N2O3/c1-4-13-11(6-5-7-20-13)15(19)16-12-9-17(3)14(18)8-10(12)2/h8-9,11,13H,4-7H2,1-3H3,(H,16,19). The highest BCUT2D eigenvalue weighted by molar-refractivity contribution is 5.93. The van der Waals surface area contributed by atoms with Gasteiger partial charge in [0.25, 0.3) is 5.56 Å². The second-order valence-corrected chi connectivity index (χ2v) is 5.37. The maximum Gasteiger partial charge on any atom is 0.250 e. The number of hydrogen-bond acceptors (Lipinski definition) is 3. The van der Waals surface area contributed by atoms with Crippen molar-refractivity contribution in [2.75, 3.05) is 11.9 Å². The Hall–Kier alpha value is -1.62. The lowest BCUT2D eigenvalue weighted by Gasteiger charge is -2.30. The number of nitrogens with zero attached hydrogens (tertiary/aromatic N) is 1. The van der Waals surface area contributed by atoms with Gasteiger partial charge in [0.2, 0.25) is 5.91 Å². The molecule has 1 aromatic rings. The number of pyridine rings is 1. The molecule has 2 heterocycles. The molecular formula is C15H22N2O3. The van der Waals surface area contributed by atoms with E-state index in [9.17, 15) is 9.59 Å². The molecule has 0 radical (unpaired) electrons. The molecule has 1 aliphatic rings. The zero-order valence-corrected chi connectivity index (χ0v) is 12.3. The molecule has 1 amide bonds. The molecule has 0 bridgehead atoms. The number of amides is 1. The lowest BCUT2D eigenvalue weighted by Crippen LogP contribution is -2.38. The number of nitrogens with one attached hydrogen (secondary N) is 1. The summed E-state index contributed by atoms with van der Waals surface area (Å²) in [5.74, 6) is -0.122. The second-order valence-electron chi connectivity index (χ2n) is 5.37. The van der Waals surface area contributed by atoms with Gasteiger partial charge in [-0.05, 0) is 31.7 Å². The number of ether oxygens (including phenoxy) is 1. The Morgan fingerprint density at radius 1 is 1.55 bits per heavy atom. The molecule has 5 heteroatoms. The normalized spacial score (nSPS) is 22.6. The molecule has 0 aliphatic carbocycles. The van der Waals surface area contributed by atoms with E-state index in [1.54, 1.807) is 13.2 Å². The van der Waals surface area contributed by atoms with Crippen LogP contribution in [-0.2, 0) is 16.6 Å². The van der Waals surface area contributed by atoms with Crippen molar-refractivity contribution < 1.29 is 9.53 Å². The topological polar surface area (TPSA) is 60.3 Å². The molecule has 1 fully saturated rings. The minimum absolute atomic E-state index is 0.00316. The summed E-state index contributed by atoms with van der Waals surface area (Å²) in [4.78, 5) is 23.9. The van der Waals surface area contributed by atoms with Crippen LogP contribution in [0.5, 0.6) is 0 Å². The molecule has 1 aliphatic heterocycles. The Kier molecular flexibility index (Phi) is 4.60. The van der Waals surface area contributed by atoms with Gasteiger partial charge in [0.05, 0.1) is 17.7 Å². The first-order valence-corrected chi connectivity index (χ1v) is 7.12. The quantitative estimate of drug-likeness (QED) is 0.917. The Morgan fingerprint density at radius 2 is 2.30 bits per heavy atom. The van der Waals surface area contributed by atoms with Crippen LogP contribution in [0.1, 0.15) is 31.7 Å². The minimum Gasteiger partial charge on any atom is -0.377 e. The van der Waals surface area contributed by atoms with Crippen molar-refractivity contribution >= 4 is 11.6 Å². The van der Waals surface area contributed by atoms with Gasteiger partial charge in [-0.1, -0.05) is 6.92 Å². The zero-order chi connectivity index (χ0) is 14.7. The summed E-state index contributed by atoms with van der Waals surface area (Å²) in [6, 6.07) is 1.53. The molecule has 0 spiro atoms. The average Bonchev–Trinajstić information content (AvgIpc) is 2.44. The Labute approximate surface area is 118 Å². The van der Waals surface area contributed by atoms with E-state index >= 15 is 0 Å². The van der Waals surface area contributed by atoms with Crippen molar-refractivity contribution in [2.45, 2.75) is 39.2 Å². The van der Waals surface area contributed by atoms with Crippen molar-refractivity contribution in [3.05, 3.63) is 28.2 Å². The van der Waals surface area contributed by atoms with Crippen molar-refractivity contribution in [1.82, 2.24) is 4.57 Å². The molecule has 2 unspecified atom stereocenters. The third kappa shape index (κ3) is 3.10. The maximum absolute atomic E-state index is 12.4. The maximum atomic E-state index is 12.4. The molecule has 2 atom stereocenters. The smallest absolute Gasteiger partial charge is 0.250 e. The third-order valence-electron chi connectivity index (χ3n) is 3.87. The highest BCUT2D eigenvalue weighted by Gasteiger charge is 2.30. The fourth-order valence-electron chi connectivity index (χ4n) is 2.62. The van der Waals surface area contributed by atoms with Crippen LogP contribution in [0.4, 0.5) is 5.69 Å². The summed E-state index contributed by atoms with van der Waals surface area (Å²) in [6.45, 7) is 4.60. The van der Waals surface area contributed by atoms with Crippen LogP contribution in [0, 0.1) is 12.8 Å². The predicted octanol–water partition coefficient (Wildman–Crippen LogP) is 1.84.